The Hall–Kier alpha value is -1.86. The van der Waals surface area contributed by atoms with Gasteiger partial charge in [-0.1, -0.05) is 50.0 Å². The van der Waals surface area contributed by atoms with Gasteiger partial charge in [0.15, 0.2) is 0 Å². The molecule has 1 aliphatic rings. The number of carbonyl (C=O) groups is 2. The van der Waals surface area contributed by atoms with E-state index in [1.807, 2.05) is 13.8 Å². The number of aromatic hydroxyl groups is 1. The number of benzene rings is 1. The number of hydrogen-bond donors (Lipinski definition) is 2. The van der Waals surface area contributed by atoms with Gasteiger partial charge in [0.25, 0.3) is 5.91 Å². The Morgan fingerprint density at radius 2 is 1.96 bits per heavy atom. The van der Waals surface area contributed by atoms with Crippen molar-refractivity contribution in [1.29, 1.82) is 0 Å². The Morgan fingerprint density at radius 3 is 2.48 bits per heavy atom. The third kappa shape index (κ3) is 4.11. The van der Waals surface area contributed by atoms with Crippen LogP contribution in [-0.4, -0.2) is 37.4 Å². The minimum Gasteiger partial charge on any atom is -0.508 e. The molecule has 2 rings (SSSR count). The molecule has 1 saturated heterocycles. The Labute approximate surface area is 144 Å². The second-order valence-electron chi connectivity index (χ2n) is 5.63. The molecule has 0 radical (unpaired) electrons. The van der Waals surface area contributed by atoms with E-state index in [1.54, 1.807) is 18.2 Å². The maximum Gasteiger partial charge on any atom is 0.326 e. The number of phenolic OH excluding ortho intramolecular Hbond substituents is 1. The maximum absolute atomic E-state index is 12.6. The quantitative estimate of drug-likeness (QED) is 0.627. The summed E-state index contributed by atoms with van der Waals surface area (Å²) in [6, 6.07) is 5.43. The topological polar surface area (TPSA) is 77.8 Å². The monoisotopic (exact) mass is 351 g/mol. The van der Waals surface area contributed by atoms with Crippen LogP contribution in [0.2, 0.25) is 0 Å². The van der Waals surface area contributed by atoms with E-state index in [0.717, 1.165) is 17.3 Å². The molecule has 1 fully saturated rings. The van der Waals surface area contributed by atoms with Crippen LogP contribution >= 0.6 is 24.0 Å². The summed E-state index contributed by atoms with van der Waals surface area (Å²) < 4.78 is 0.257. The van der Waals surface area contributed by atoms with Crippen LogP contribution in [0.3, 0.4) is 0 Å². The number of carboxylic acids is 1. The second-order valence-corrected chi connectivity index (χ2v) is 7.30. The molecule has 7 heteroatoms. The van der Waals surface area contributed by atoms with Gasteiger partial charge in [0.05, 0.1) is 4.91 Å². The molecule has 5 nitrogen and oxygen atoms in total. The predicted octanol–water partition coefficient (Wildman–Crippen LogP) is 3.09. The zero-order chi connectivity index (χ0) is 17.1. The van der Waals surface area contributed by atoms with Gasteiger partial charge < -0.3 is 10.2 Å². The average Bonchev–Trinajstić information content (AvgIpc) is 2.73. The minimum absolute atomic E-state index is 0.127. The van der Waals surface area contributed by atoms with Gasteiger partial charge in [-0.15, -0.1) is 0 Å². The van der Waals surface area contributed by atoms with Gasteiger partial charge in [-0.3, -0.25) is 9.69 Å². The van der Waals surface area contributed by atoms with E-state index in [2.05, 4.69) is 0 Å². The van der Waals surface area contributed by atoms with Crippen LogP contribution in [-0.2, 0) is 9.59 Å². The number of rotatable bonds is 5. The highest BCUT2D eigenvalue weighted by Crippen LogP contribution is 2.35. The van der Waals surface area contributed by atoms with Crippen LogP contribution in [0.5, 0.6) is 5.75 Å². The fourth-order valence-corrected chi connectivity index (χ4v) is 3.59. The molecule has 0 spiro atoms. The number of carbonyl (C=O) groups excluding carboxylic acids is 1. The molecule has 0 saturated carbocycles. The van der Waals surface area contributed by atoms with Crippen LogP contribution < -0.4 is 0 Å². The van der Waals surface area contributed by atoms with Gasteiger partial charge in [-0.25, -0.2) is 4.79 Å². The molecule has 0 aliphatic carbocycles. The molecular weight excluding hydrogens is 334 g/mol. The van der Waals surface area contributed by atoms with E-state index in [4.69, 9.17) is 12.2 Å². The molecule has 122 valence electrons. The molecule has 0 bridgehead atoms. The van der Waals surface area contributed by atoms with Gasteiger partial charge in [0.1, 0.15) is 16.1 Å². The number of phenols is 1. The molecule has 1 amide bonds. The predicted molar refractivity (Wildman–Crippen MR) is 94.0 cm³/mol. The number of hydrogen-bond acceptors (Lipinski definition) is 5. The molecule has 0 aromatic heterocycles. The highest BCUT2D eigenvalue weighted by atomic mass is 32.2. The fourth-order valence-electron chi connectivity index (χ4n) is 2.23. The van der Waals surface area contributed by atoms with Crippen molar-refractivity contribution in [2.24, 2.45) is 5.92 Å². The smallest absolute Gasteiger partial charge is 0.326 e. The van der Waals surface area contributed by atoms with Crippen LogP contribution in [0.1, 0.15) is 25.8 Å². The largest absolute Gasteiger partial charge is 0.508 e. The Balaban J connectivity index is 2.28. The Bertz CT molecular complexity index is 667. The van der Waals surface area contributed by atoms with E-state index >= 15 is 0 Å². The lowest BCUT2D eigenvalue weighted by Gasteiger charge is -2.24. The normalized spacial score (nSPS) is 18.0. The molecule has 1 heterocycles. The van der Waals surface area contributed by atoms with E-state index < -0.39 is 12.0 Å². The summed E-state index contributed by atoms with van der Waals surface area (Å²) in [4.78, 5) is 25.6. The lowest BCUT2D eigenvalue weighted by atomic mass is 10.0. The first-order valence-electron chi connectivity index (χ1n) is 7.08. The lowest BCUT2D eigenvalue weighted by Crippen LogP contribution is -2.44. The van der Waals surface area contributed by atoms with Crippen molar-refractivity contribution in [3.8, 4) is 5.75 Å². The summed E-state index contributed by atoms with van der Waals surface area (Å²) >= 11 is 6.30. The molecule has 1 atom stereocenters. The van der Waals surface area contributed by atoms with E-state index in [9.17, 15) is 19.8 Å². The first kappa shape index (κ1) is 17.5. The zero-order valence-corrected chi connectivity index (χ0v) is 14.4. The number of nitrogens with zero attached hydrogens (tertiary/aromatic N) is 1. The molecule has 2 N–H and O–H groups in total. The van der Waals surface area contributed by atoms with E-state index in [1.165, 1.54) is 17.0 Å². The van der Waals surface area contributed by atoms with Gasteiger partial charge in [-0.05, 0) is 36.1 Å². The van der Waals surface area contributed by atoms with Gasteiger partial charge in [0, 0.05) is 0 Å². The molecular formula is C16H17NO4S2. The second kappa shape index (κ2) is 7.14. The van der Waals surface area contributed by atoms with Crippen molar-refractivity contribution in [2.75, 3.05) is 0 Å². The number of aliphatic carboxylic acids is 1. The number of carboxylic acid groups (broad SMARTS) is 1. The van der Waals surface area contributed by atoms with Gasteiger partial charge in [-0.2, -0.15) is 0 Å². The molecule has 1 aromatic rings. The SMILES string of the molecule is CC(C)C[C@@H](C(=O)O)N1C(=O)/C(=C/c2ccc(O)cc2)SC1=S. The summed E-state index contributed by atoms with van der Waals surface area (Å²) in [5.74, 6) is -1.18. The number of amides is 1. The van der Waals surface area contributed by atoms with E-state index in [0.29, 0.717) is 11.3 Å². The highest BCUT2D eigenvalue weighted by molar-refractivity contribution is 8.26. The van der Waals surface area contributed by atoms with Crippen molar-refractivity contribution in [3.63, 3.8) is 0 Å². The summed E-state index contributed by atoms with van der Waals surface area (Å²) in [7, 11) is 0. The molecule has 0 unspecified atom stereocenters. The van der Waals surface area contributed by atoms with Crippen molar-refractivity contribution in [2.45, 2.75) is 26.3 Å². The van der Waals surface area contributed by atoms with Gasteiger partial charge in [0.2, 0.25) is 0 Å². The van der Waals surface area contributed by atoms with Crippen molar-refractivity contribution < 1.29 is 19.8 Å². The molecule has 1 aliphatic heterocycles. The minimum atomic E-state index is -1.05. The fraction of sp³-hybridized carbons (Fsp3) is 0.312. The number of thiocarbonyl (C=S) groups is 1. The Kier molecular flexibility index (Phi) is 5.43. The summed E-state index contributed by atoms with van der Waals surface area (Å²) in [5, 5.41) is 18.7. The van der Waals surface area contributed by atoms with Gasteiger partial charge >= 0.3 is 5.97 Å². The van der Waals surface area contributed by atoms with Crippen LogP contribution in [0.15, 0.2) is 29.2 Å². The highest BCUT2D eigenvalue weighted by Gasteiger charge is 2.40. The lowest BCUT2D eigenvalue weighted by molar-refractivity contribution is -0.145. The first-order chi connectivity index (χ1) is 10.8. The van der Waals surface area contributed by atoms with Crippen LogP contribution in [0.25, 0.3) is 6.08 Å². The molecule has 23 heavy (non-hydrogen) atoms. The zero-order valence-electron chi connectivity index (χ0n) is 12.7. The summed E-state index contributed by atoms with van der Waals surface area (Å²) in [5.41, 5.74) is 0.735. The van der Waals surface area contributed by atoms with Crippen molar-refractivity contribution in [1.82, 2.24) is 4.90 Å². The molecule has 1 aromatic carbocycles. The number of thioether (sulfide) groups is 1. The third-order valence-corrected chi connectivity index (χ3v) is 4.64. The van der Waals surface area contributed by atoms with Crippen molar-refractivity contribution in [3.05, 3.63) is 34.7 Å². The Morgan fingerprint density at radius 1 is 1.35 bits per heavy atom. The van der Waals surface area contributed by atoms with E-state index in [-0.39, 0.29) is 21.9 Å². The van der Waals surface area contributed by atoms with Crippen molar-refractivity contribution >= 4 is 46.3 Å². The standard InChI is InChI=1S/C16H17NO4S2/c1-9(2)7-12(15(20)21)17-14(19)13(23-16(17)22)8-10-3-5-11(18)6-4-10/h3-6,8-9,12,18H,7H2,1-2H3,(H,20,21)/b13-8-/t12-/m0/s1. The van der Waals surface area contributed by atoms with Crippen LogP contribution in [0.4, 0.5) is 0 Å². The first-order valence-corrected chi connectivity index (χ1v) is 8.31. The summed E-state index contributed by atoms with van der Waals surface area (Å²) in [6.45, 7) is 3.81. The third-order valence-electron chi connectivity index (χ3n) is 3.31. The maximum atomic E-state index is 12.6. The van der Waals surface area contributed by atoms with Crippen LogP contribution in [0, 0.1) is 5.92 Å². The summed E-state index contributed by atoms with van der Waals surface area (Å²) in [6.07, 6.45) is 1.99. The average molecular weight is 351 g/mol.